The molecule has 0 amide bonds. The average Bonchev–Trinajstić information content (AvgIpc) is 2.92. The number of benzene rings is 2. The van der Waals surface area contributed by atoms with E-state index in [9.17, 15) is 9.18 Å². The number of hydrogen-bond donors (Lipinski definition) is 0. The summed E-state index contributed by atoms with van der Waals surface area (Å²) in [5.41, 5.74) is 2.17. The number of oxazole rings is 1. The molecule has 3 rings (SSSR count). The fraction of sp³-hybridized carbons (Fsp3) is 0.0667. The Hall–Kier alpha value is -2.69. The normalized spacial score (nSPS) is 10.7. The standard InChI is InChI=1S/C15H10FNO3/c16-12-3-1-2-10(6-12)8-19-15(18)11-4-5-14-13(7-11)17-9-20-14/h1-7,9H,8H2. The third-order valence-corrected chi connectivity index (χ3v) is 2.83. The first-order valence-electron chi connectivity index (χ1n) is 5.97. The van der Waals surface area contributed by atoms with E-state index in [1.165, 1.54) is 18.5 Å². The average molecular weight is 271 g/mol. The molecule has 1 heterocycles. The van der Waals surface area contributed by atoms with Gasteiger partial charge in [-0.2, -0.15) is 0 Å². The summed E-state index contributed by atoms with van der Waals surface area (Å²) < 4.78 is 23.2. The molecule has 0 fully saturated rings. The largest absolute Gasteiger partial charge is 0.457 e. The minimum atomic E-state index is -0.487. The highest BCUT2D eigenvalue weighted by Gasteiger charge is 2.10. The van der Waals surface area contributed by atoms with Crippen molar-refractivity contribution in [1.29, 1.82) is 0 Å². The minimum Gasteiger partial charge on any atom is -0.457 e. The molecule has 5 heteroatoms. The molecule has 100 valence electrons. The van der Waals surface area contributed by atoms with Crippen LogP contribution < -0.4 is 0 Å². The second kappa shape index (κ2) is 5.13. The number of aromatic nitrogens is 1. The molecule has 1 aromatic heterocycles. The van der Waals surface area contributed by atoms with Gasteiger partial charge in [-0.05, 0) is 35.9 Å². The molecule has 0 N–H and O–H groups in total. The van der Waals surface area contributed by atoms with Crippen molar-refractivity contribution in [2.45, 2.75) is 6.61 Å². The van der Waals surface area contributed by atoms with E-state index >= 15 is 0 Å². The lowest BCUT2D eigenvalue weighted by molar-refractivity contribution is 0.0472. The van der Waals surface area contributed by atoms with Crippen molar-refractivity contribution in [2.75, 3.05) is 0 Å². The SMILES string of the molecule is O=C(OCc1cccc(F)c1)c1ccc2ocnc2c1. The van der Waals surface area contributed by atoms with Crippen molar-refractivity contribution in [3.8, 4) is 0 Å². The van der Waals surface area contributed by atoms with E-state index < -0.39 is 5.97 Å². The number of carbonyl (C=O) groups excluding carboxylic acids is 1. The summed E-state index contributed by atoms with van der Waals surface area (Å²) >= 11 is 0. The van der Waals surface area contributed by atoms with Gasteiger partial charge in [-0.3, -0.25) is 0 Å². The number of carbonyl (C=O) groups is 1. The third kappa shape index (κ3) is 2.51. The van der Waals surface area contributed by atoms with Crippen LogP contribution in [0.2, 0.25) is 0 Å². The van der Waals surface area contributed by atoms with E-state index in [1.807, 2.05) is 0 Å². The van der Waals surface area contributed by atoms with Gasteiger partial charge in [-0.1, -0.05) is 12.1 Å². The fourth-order valence-electron chi connectivity index (χ4n) is 1.84. The van der Waals surface area contributed by atoms with Gasteiger partial charge in [-0.25, -0.2) is 14.2 Å². The number of esters is 1. The zero-order valence-corrected chi connectivity index (χ0v) is 10.4. The summed E-state index contributed by atoms with van der Waals surface area (Å²) in [6, 6.07) is 10.8. The van der Waals surface area contributed by atoms with Crippen molar-refractivity contribution in [3.05, 3.63) is 65.8 Å². The lowest BCUT2D eigenvalue weighted by atomic mass is 10.2. The van der Waals surface area contributed by atoms with Crippen LogP contribution in [0.4, 0.5) is 4.39 Å². The fourth-order valence-corrected chi connectivity index (χ4v) is 1.84. The predicted octanol–water partition coefficient (Wildman–Crippen LogP) is 3.32. The van der Waals surface area contributed by atoms with Gasteiger partial charge >= 0.3 is 5.97 Å². The third-order valence-electron chi connectivity index (χ3n) is 2.83. The maximum absolute atomic E-state index is 13.0. The van der Waals surface area contributed by atoms with Gasteiger partial charge in [0.25, 0.3) is 0 Å². The number of fused-ring (bicyclic) bond motifs is 1. The molecule has 0 unspecified atom stereocenters. The van der Waals surface area contributed by atoms with Crippen LogP contribution in [0.1, 0.15) is 15.9 Å². The van der Waals surface area contributed by atoms with Crippen LogP contribution in [0, 0.1) is 5.82 Å². The summed E-state index contributed by atoms with van der Waals surface area (Å²) in [6.45, 7) is 0.0213. The van der Waals surface area contributed by atoms with E-state index in [4.69, 9.17) is 9.15 Å². The molecule has 0 saturated heterocycles. The van der Waals surface area contributed by atoms with Crippen LogP contribution in [-0.2, 0) is 11.3 Å². The number of nitrogens with zero attached hydrogens (tertiary/aromatic N) is 1. The van der Waals surface area contributed by atoms with Crippen molar-refractivity contribution >= 4 is 17.1 Å². The zero-order valence-electron chi connectivity index (χ0n) is 10.4. The molecule has 0 aliphatic carbocycles. The monoisotopic (exact) mass is 271 g/mol. The molecule has 0 radical (unpaired) electrons. The minimum absolute atomic E-state index is 0.0213. The van der Waals surface area contributed by atoms with Crippen molar-refractivity contribution in [3.63, 3.8) is 0 Å². The van der Waals surface area contributed by atoms with Gasteiger partial charge < -0.3 is 9.15 Å². The molecule has 3 aromatic rings. The van der Waals surface area contributed by atoms with E-state index in [2.05, 4.69) is 4.98 Å². The van der Waals surface area contributed by atoms with Gasteiger partial charge in [0.05, 0.1) is 5.56 Å². The molecule has 0 atom stereocenters. The first-order valence-corrected chi connectivity index (χ1v) is 5.97. The molecule has 0 bridgehead atoms. The smallest absolute Gasteiger partial charge is 0.338 e. The Bertz CT molecular complexity index is 766. The van der Waals surface area contributed by atoms with Gasteiger partial charge in [0.1, 0.15) is 17.9 Å². The highest BCUT2D eigenvalue weighted by atomic mass is 19.1. The topological polar surface area (TPSA) is 52.3 Å². The van der Waals surface area contributed by atoms with Crippen molar-refractivity contribution in [1.82, 2.24) is 4.98 Å². The molecule has 0 aliphatic heterocycles. The Morgan fingerprint density at radius 3 is 3.00 bits per heavy atom. The summed E-state index contributed by atoms with van der Waals surface area (Å²) in [5.74, 6) is -0.846. The van der Waals surface area contributed by atoms with Gasteiger partial charge in [0.2, 0.25) is 0 Å². The number of hydrogen-bond acceptors (Lipinski definition) is 4. The first-order chi connectivity index (χ1) is 9.72. The Kier molecular flexibility index (Phi) is 3.16. The second-order valence-electron chi connectivity index (χ2n) is 4.24. The molecular formula is C15H10FNO3. The van der Waals surface area contributed by atoms with Crippen molar-refractivity contribution < 1.29 is 18.3 Å². The summed E-state index contributed by atoms with van der Waals surface area (Å²) in [7, 11) is 0. The van der Waals surface area contributed by atoms with Crippen LogP contribution >= 0.6 is 0 Å². The maximum Gasteiger partial charge on any atom is 0.338 e. The van der Waals surface area contributed by atoms with Crippen LogP contribution in [0.3, 0.4) is 0 Å². The molecule has 0 spiro atoms. The number of rotatable bonds is 3. The quantitative estimate of drug-likeness (QED) is 0.686. The summed E-state index contributed by atoms with van der Waals surface area (Å²) in [6.07, 6.45) is 1.31. The molecule has 0 aliphatic rings. The summed E-state index contributed by atoms with van der Waals surface area (Å²) in [4.78, 5) is 15.9. The van der Waals surface area contributed by atoms with Gasteiger partial charge in [0, 0.05) is 0 Å². The first kappa shape index (κ1) is 12.3. The van der Waals surface area contributed by atoms with Crippen LogP contribution in [0.5, 0.6) is 0 Å². The highest BCUT2D eigenvalue weighted by molar-refractivity contribution is 5.93. The molecular weight excluding hydrogens is 261 g/mol. The van der Waals surface area contributed by atoms with Crippen LogP contribution in [0.15, 0.2) is 53.3 Å². The molecule has 20 heavy (non-hydrogen) atoms. The summed E-state index contributed by atoms with van der Waals surface area (Å²) in [5, 5.41) is 0. The lowest BCUT2D eigenvalue weighted by Gasteiger charge is -2.05. The van der Waals surface area contributed by atoms with Crippen molar-refractivity contribution in [2.24, 2.45) is 0 Å². The molecule has 4 nitrogen and oxygen atoms in total. The Labute approximate surface area is 113 Å². The Morgan fingerprint density at radius 1 is 1.25 bits per heavy atom. The van der Waals surface area contributed by atoms with E-state index in [1.54, 1.807) is 30.3 Å². The lowest BCUT2D eigenvalue weighted by Crippen LogP contribution is -2.05. The molecule has 2 aromatic carbocycles. The second-order valence-corrected chi connectivity index (χ2v) is 4.24. The Balaban J connectivity index is 1.72. The maximum atomic E-state index is 13.0. The van der Waals surface area contributed by atoms with Crippen LogP contribution in [-0.4, -0.2) is 11.0 Å². The zero-order chi connectivity index (χ0) is 13.9. The predicted molar refractivity (Wildman–Crippen MR) is 69.5 cm³/mol. The Morgan fingerprint density at radius 2 is 2.15 bits per heavy atom. The number of ether oxygens (including phenoxy) is 1. The van der Waals surface area contributed by atoms with Gasteiger partial charge in [-0.15, -0.1) is 0 Å². The van der Waals surface area contributed by atoms with E-state index in [0.717, 1.165) is 0 Å². The van der Waals surface area contributed by atoms with E-state index in [-0.39, 0.29) is 12.4 Å². The van der Waals surface area contributed by atoms with Crippen LogP contribution in [0.25, 0.3) is 11.1 Å². The highest BCUT2D eigenvalue weighted by Crippen LogP contribution is 2.15. The molecule has 0 saturated carbocycles. The van der Waals surface area contributed by atoms with Gasteiger partial charge in [0.15, 0.2) is 12.0 Å². The number of halogens is 1. The van der Waals surface area contributed by atoms with E-state index in [0.29, 0.717) is 22.2 Å².